The van der Waals surface area contributed by atoms with Crippen LogP contribution in [0.3, 0.4) is 0 Å². The minimum atomic E-state index is -0.822. The maximum absolute atomic E-state index is 5.39. The number of pyridine rings is 2. The van der Waals surface area contributed by atoms with Crippen LogP contribution in [-0.2, 0) is 0 Å². The van der Waals surface area contributed by atoms with Gasteiger partial charge in [-0.25, -0.2) is 9.97 Å². The van der Waals surface area contributed by atoms with E-state index in [0.717, 1.165) is 38.7 Å². The average Bonchev–Trinajstić information content (AvgIpc) is 3.11. The normalized spacial score (nSPS) is 11.2. The molecule has 1 atom stereocenters. The molecule has 0 saturated heterocycles. The van der Waals surface area contributed by atoms with Crippen LogP contribution >= 0.6 is 25.1 Å². The molecule has 0 amide bonds. The molecule has 2 heterocycles. The second kappa shape index (κ2) is 13.8. The van der Waals surface area contributed by atoms with Gasteiger partial charge in [0.2, 0.25) is 0 Å². The highest BCUT2D eigenvalue weighted by Gasteiger charge is 2.22. The smallest absolute Gasteiger partial charge is 0.0728 e. The van der Waals surface area contributed by atoms with Crippen LogP contribution in [0.2, 0.25) is 0 Å². The van der Waals surface area contributed by atoms with E-state index >= 15 is 0 Å². The fourth-order valence-corrected chi connectivity index (χ4v) is 10.4. The summed E-state index contributed by atoms with van der Waals surface area (Å²) in [6.07, 6.45) is 0. The van der Waals surface area contributed by atoms with Crippen molar-refractivity contribution < 1.29 is 0 Å². The van der Waals surface area contributed by atoms with E-state index in [0.29, 0.717) is 0 Å². The van der Waals surface area contributed by atoms with Gasteiger partial charge in [0.25, 0.3) is 0 Å². The Morgan fingerprint density at radius 2 is 0.733 bits per heavy atom. The predicted molar refractivity (Wildman–Crippen MR) is 200 cm³/mol. The van der Waals surface area contributed by atoms with Gasteiger partial charge in [-0.15, -0.1) is 9.24 Å². The van der Waals surface area contributed by atoms with Gasteiger partial charge in [0.05, 0.1) is 22.3 Å². The van der Waals surface area contributed by atoms with Crippen LogP contribution in [0.1, 0.15) is 0 Å². The van der Waals surface area contributed by atoms with Gasteiger partial charge in [0, 0.05) is 27.0 Å². The Morgan fingerprint density at radius 3 is 1.18 bits per heavy atom. The third kappa shape index (κ3) is 6.42. The van der Waals surface area contributed by atoms with E-state index in [1.807, 2.05) is 0 Å². The van der Waals surface area contributed by atoms with Gasteiger partial charge < -0.3 is 0 Å². The monoisotopic (exact) mass is 632 g/mol. The summed E-state index contributed by atoms with van der Waals surface area (Å²) in [5, 5.41) is 6.24. The van der Waals surface area contributed by atoms with Crippen molar-refractivity contribution in [3.05, 3.63) is 176 Å². The van der Waals surface area contributed by atoms with Crippen LogP contribution in [0.4, 0.5) is 0 Å². The molecule has 0 aliphatic carbocycles. The number of nitrogens with zero attached hydrogens (tertiary/aromatic N) is 2. The first-order chi connectivity index (χ1) is 22.3. The molecule has 216 valence electrons. The summed E-state index contributed by atoms with van der Waals surface area (Å²) < 4.78 is 0. The molecule has 0 bridgehead atoms. The van der Waals surface area contributed by atoms with E-state index < -0.39 is 15.8 Å². The molecule has 0 saturated carbocycles. The van der Waals surface area contributed by atoms with Crippen molar-refractivity contribution in [3.63, 3.8) is 0 Å². The lowest BCUT2D eigenvalue weighted by molar-refractivity contribution is 1.35. The summed E-state index contributed by atoms with van der Waals surface area (Å²) in [6.45, 7) is 0. The quantitative estimate of drug-likeness (QED) is 0.172. The van der Waals surface area contributed by atoms with Crippen LogP contribution in [0.15, 0.2) is 176 Å². The Hall–Kier alpha value is -4.31. The highest BCUT2D eigenvalue weighted by molar-refractivity contribution is 7.80. The van der Waals surface area contributed by atoms with E-state index in [2.05, 4.69) is 185 Å². The maximum atomic E-state index is 5.39. The van der Waals surface area contributed by atoms with Gasteiger partial charge in [-0.1, -0.05) is 152 Å². The second-order valence-corrected chi connectivity index (χ2v) is 15.5. The highest BCUT2D eigenvalue weighted by Crippen LogP contribution is 2.36. The minimum absolute atomic E-state index is 0.819. The molecule has 7 aromatic rings. The second-order valence-electron chi connectivity index (χ2n) is 10.5. The van der Waals surface area contributed by atoms with Crippen molar-refractivity contribution in [3.8, 4) is 22.5 Å². The number of benzene rings is 5. The summed E-state index contributed by atoms with van der Waals surface area (Å²) in [5.41, 5.74) is 6.23. The molecule has 0 N–H and O–H groups in total. The number of aromatic nitrogens is 2. The highest BCUT2D eigenvalue weighted by atomic mass is 31.1. The molecule has 5 aromatic carbocycles. The first-order valence-corrected chi connectivity index (χ1v) is 18.2. The third-order valence-corrected chi connectivity index (χ3v) is 12.8. The van der Waals surface area contributed by atoms with Crippen LogP contribution in [0.25, 0.3) is 22.5 Å². The number of hydrogen-bond acceptors (Lipinski definition) is 2. The lowest BCUT2D eigenvalue weighted by atomic mass is 10.0. The molecule has 5 heteroatoms. The Balaban J connectivity index is 1.35. The molecule has 0 aliphatic heterocycles. The summed E-state index contributed by atoms with van der Waals surface area (Å²) in [4.78, 5) is 10.8. The Bertz CT molecular complexity index is 1940. The molecular formula is C40H31N2P3. The Kier molecular flexibility index (Phi) is 9.00. The average molecular weight is 633 g/mol. The van der Waals surface area contributed by atoms with Crippen molar-refractivity contribution in [2.24, 2.45) is 0 Å². The molecule has 2 nitrogen and oxygen atoms in total. The zero-order chi connectivity index (χ0) is 30.4. The number of rotatable bonds is 8. The van der Waals surface area contributed by atoms with Crippen LogP contribution < -0.4 is 37.4 Å². The zero-order valence-electron chi connectivity index (χ0n) is 24.6. The molecule has 7 rings (SSSR count). The number of hydrogen-bond donors (Lipinski definition) is 0. The fraction of sp³-hybridized carbons (Fsp3) is 0. The fourth-order valence-electron chi connectivity index (χ4n) is 5.59. The maximum Gasteiger partial charge on any atom is 0.0728 e. The zero-order valence-corrected chi connectivity index (χ0v) is 27.6. The molecule has 0 aliphatic rings. The van der Waals surface area contributed by atoms with E-state index in [4.69, 9.17) is 9.97 Å². The van der Waals surface area contributed by atoms with Crippen molar-refractivity contribution in [1.29, 1.82) is 0 Å². The molecule has 2 aromatic heterocycles. The predicted octanol–water partition coefficient (Wildman–Crippen LogP) is 6.83. The van der Waals surface area contributed by atoms with Crippen molar-refractivity contribution in [1.82, 2.24) is 9.97 Å². The lowest BCUT2D eigenvalue weighted by Gasteiger charge is -2.21. The molecular weight excluding hydrogens is 601 g/mol. The molecule has 45 heavy (non-hydrogen) atoms. The summed E-state index contributed by atoms with van der Waals surface area (Å²) in [7, 11) is 1.30. The van der Waals surface area contributed by atoms with E-state index in [-0.39, 0.29) is 0 Å². The third-order valence-electron chi connectivity index (χ3n) is 7.61. The van der Waals surface area contributed by atoms with Gasteiger partial charge in [0.15, 0.2) is 0 Å². The van der Waals surface area contributed by atoms with Crippen molar-refractivity contribution in [2.45, 2.75) is 0 Å². The molecule has 0 spiro atoms. The van der Waals surface area contributed by atoms with Gasteiger partial charge in [-0.05, 0) is 50.8 Å². The standard InChI is InChI=1S/C40H31N2P3/c43-37-27-13-24-34(35-25-14-28-38(41-35)44(30-16-5-1-6-17-30)31-18-7-2-8-19-31)40(37)36-26-15-29-39(42-36)45(32-20-9-3-10-21-32)33-22-11-4-12-23-33/h1-29H,43H2. The van der Waals surface area contributed by atoms with E-state index in [9.17, 15) is 0 Å². The van der Waals surface area contributed by atoms with Crippen LogP contribution in [0.5, 0.6) is 0 Å². The topological polar surface area (TPSA) is 25.8 Å². The SMILES string of the molecule is Pc1cccc(-c2cccc(P(c3ccccc3)c3ccccc3)n2)c1-c1cccc(P(c2ccccc2)c2ccccc2)n1. The minimum Gasteiger partial charge on any atom is -0.247 e. The summed E-state index contributed by atoms with van der Waals surface area (Å²) >= 11 is 0. The van der Waals surface area contributed by atoms with Crippen LogP contribution in [-0.4, -0.2) is 9.97 Å². The first-order valence-electron chi connectivity index (χ1n) is 14.9. The van der Waals surface area contributed by atoms with Crippen molar-refractivity contribution in [2.75, 3.05) is 0 Å². The van der Waals surface area contributed by atoms with Crippen molar-refractivity contribution >= 4 is 62.5 Å². The Morgan fingerprint density at radius 1 is 0.356 bits per heavy atom. The first kappa shape index (κ1) is 29.4. The summed E-state index contributed by atoms with van der Waals surface area (Å²) in [5.74, 6) is 0. The lowest BCUT2D eigenvalue weighted by Crippen LogP contribution is -2.23. The largest absolute Gasteiger partial charge is 0.247 e. The molecule has 1 unspecified atom stereocenters. The van der Waals surface area contributed by atoms with E-state index in [1.54, 1.807) is 0 Å². The van der Waals surface area contributed by atoms with Gasteiger partial charge in [-0.3, -0.25) is 0 Å². The molecule has 0 radical (unpaired) electrons. The summed E-state index contributed by atoms with van der Waals surface area (Å²) in [6, 6.07) is 62.3. The van der Waals surface area contributed by atoms with Gasteiger partial charge in [-0.2, -0.15) is 0 Å². The van der Waals surface area contributed by atoms with Gasteiger partial charge in [0.1, 0.15) is 0 Å². The molecule has 0 fully saturated rings. The Labute approximate surface area is 270 Å². The van der Waals surface area contributed by atoms with Gasteiger partial charge >= 0.3 is 0 Å². The van der Waals surface area contributed by atoms with E-state index in [1.165, 1.54) is 21.2 Å². The van der Waals surface area contributed by atoms with Crippen LogP contribution in [0, 0.1) is 0 Å².